The molecule has 136 valence electrons. The van der Waals surface area contributed by atoms with Gasteiger partial charge in [-0.2, -0.15) is 5.10 Å². The lowest BCUT2D eigenvalue weighted by Gasteiger charge is -2.13. The molecule has 1 aliphatic heterocycles. The van der Waals surface area contributed by atoms with Crippen LogP contribution >= 0.6 is 11.6 Å². The zero-order valence-corrected chi connectivity index (χ0v) is 15.6. The lowest BCUT2D eigenvalue weighted by Crippen LogP contribution is -2.23. The molecule has 2 atom stereocenters. The van der Waals surface area contributed by atoms with Gasteiger partial charge < -0.3 is 5.32 Å². The Bertz CT molecular complexity index is 829. The molecule has 2 N–H and O–H groups in total. The van der Waals surface area contributed by atoms with E-state index in [9.17, 15) is 4.79 Å². The van der Waals surface area contributed by atoms with E-state index >= 15 is 0 Å². The third-order valence-corrected chi connectivity index (χ3v) is 5.47. The highest BCUT2D eigenvalue weighted by Gasteiger charge is 2.29. The number of anilines is 1. The van der Waals surface area contributed by atoms with Crippen LogP contribution in [0.25, 0.3) is 0 Å². The molecule has 5 nitrogen and oxygen atoms in total. The first-order chi connectivity index (χ1) is 12.6. The molecule has 0 bridgehead atoms. The topological polar surface area (TPSA) is 70.1 Å². The highest BCUT2D eigenvalue weighted by molar-refractivity contribution is 6.31. The fourth-order valence-electron chi connectivity index (χ4n) is 3.53. The molecular weight excluding hydrogens is 348 g/mol. The normalized spacial score (nSPS) is 26.5. The molecule has 4 rings (SSSR count). The van der Waals surface area contributed by atoms with E-state index in [0.717, 1.165) is 35.0 Å². The van der Waals surface area contributed by atoms with Crippen molar-refractivity contribution in [1.29, 1.82) is 0 Å². The minimum Gasteiger partial charge on any atom is -0.309 e. The van der Waals surface area contributed by atoms with Crippen LogP contribution in [0.2, 0.25) is 0 Å². The smallest absolute Gasteiger partial charge is 0.234 e. The first kappa shape index (κ1) is 17.3. The van der Waals surface area contributed by atoms with E-state index in [1.54, 1.807) is 0 Å². The van der Waals surface area contributed by atoms with Crippen molar-refractivity contribution in [2.45, 2.75) is 44.9 Å². The van der Waals surface area contributed by atoms with E-state index in [4.69, 9.17) is 16.6 Å². The third kappa shape index (κ3) is 3.68. The molecular formula is C20H23ClN4O. The Hall–Kier alpha value is -2.14. The molecule has 26 heavy (non-hydrogen) atoms. The molecule has 6 heteroatoms. The van der Waals surface area contributed by atoms with E-state index in [0.29, 0.717) is 18.2 Å². The predicted molar refractivity (Wildman–Crippen MR) is 104 cm³/mol. The quantitative estimate of drug-likeness (QED) is 0.790. The maximum Gasteiger partial charge on any atom is 0.234 e. The summed E-state index contributed by atoms with van der Waals surface area (Å²) in [6.45, 7) is 2.01. The van der Waals surface area contributed by atoms with Crippen LogP contribution in [0.1, 0.15) is 50.6 Å². The lowest BCUT2D eigenvalue weighted by molar-refractivity contribution is -0.118. The number of hydrogen-bond acceptors (Lipinski definition) is 3. The van der Waals surface area contributed by atoms with Crippen molar-refractivity contribution in [3.05, 3.63) is 46.8 Å². The number of H-pyrrole nitrogens is 1. The van der Waals surface area contributed by atoms with Gasteiger partial charge in [0.25, 0.3) is 0 Å². The summed E-state index contributed by atoms with van der Waals surface area (Å²) >= 11 is 6.11. The van der Waals surface area contributed by atoms with Crippen LogP contribution in [0, 0.1) is 11.8 Å². The van der Waals surface area contributed by atoms with E-state index < -0.39 is 0 Å². The SMILES string of the molecule is CCC(C(=O)Nc1cc(C2CC2)[nH]n1)C1=CC2CC/C=C(Cl)\C=C/C2=N1. The molecule has 1 saturated carbocycles. The summed E-state index contributed by atoms with van der Waals surface area (Å²) in [6.07, 6.45) is 13.0. The van der Waals surface area contributed by atoms with E-state index in [1.165, 1.54) is 12.8 Å². The second kappa shape index (κ2) is 7.23. The van der Waals surface area contributed by atoms with Crippen molar-refractivity contribution in [2.75, 3.05) is 5.32 Å². The first-order valence-electron chi connectivity index (χ1n) is 9.34. The number of hydrogen-bond donors (Lipinski definition) is 2. The maximum atomic E-state index is 12.8. The van der Waals surface area contributed by atoms with Gasteiger partial charge in [-0.3, -0.25) is 14.9 Å². The van der Waals surface area contributed by atoms with Crippen LogP contribution in [-0.4, -0.2) is 21.8 Å². The summed E-state index contributed by atoms with van der Waals surface area (Å²) in [7, 11) is 0. The summed E-state index contributed by atoms with van der Waals surface area (Å²) < 4.78 is 0. The number of nitrogens with zero attached hydrogens (tertiary/aromatic N) is 2. The Labute approximate surface area is 158 Å². The van der Waals surface area contributed by atoms with Crippen LogP contribution in [0.4, 0.5) is 5.82 Å². The molecule has 1 aromatic heterocycles. The van der Waals surface area contributed by atoms with Gasteiger partial charge in [-0.15, -0.1) is 0 Å². The molecule has 3 aliphatic rings. The van der Waals surface area contributed by atoms with Gasteiger partial charge in [0.1, 0.15) is 0 Å². The Morgan fingerprint density at radius 3 is 3.00 bits per heavy atom. The van der Waals surface area contributed by atoms with E-state index in [2.05, 4.69) is 21.6 Å². The van der Waals surface area contributed by atoms with Gasteiger partial charge in [-0.1, -0.05) is 30.7 Å². The number of fused-ring (bicyclic) bond motifs is 1. The molecule has 0 saturated heterocycles. The largest absolute Gasteiger partial charge is 0.309 e. The average Bonchev–Trinajstić information content (AvgIpc) is 3.24. The van der Waals surface area contributed by atoms with Gasteiger partial charge in [-0.05, 0) is 44.3 Å². The third-order valence-electron chi connectivity index (χ3n) is 5.19. The Morgan fingerprint density at radius 2 is 2.23 bits per heavy atom. The standard InChI is InChI=1S/C20H23ClN4O/c1-2-15(20(26)23-19-11-17(24-25-19)12-6-7-12)18-10-13-4-3-5-14(21)8-9-16(13)22-18/h5,8-13,15H,2-4,6-7H2,1H3,(H2,23,24,25,26)/b9-8-,14-5+. The minimum absolute atomic E-state index is 0.0497. The Kier molecular flexibility index (Phi) is 4.81. The second-order valence-corrected chi connectivity index (χ2v) is 7.60. The fourth-order valence-corrected chi connectivity index (χ4v) is 3.70. The Morgan fingerprint density at radius 1 is 1.38 bits per heavy atom. The van der Waals surface area contributed by atoms with Crippen LogP contribution in [-0.2, 0) is 4.79 Å². The van der Waals surface area contributed by atoms with Crippen LogP contribution in [0.15, 0.2) is 46.1 Å². The van der Waals surface area contributed by atoms with Gasteiger partial charge in [0.05, 0.1) is 5.92 Å². The highest BCUT2D eigenvalue weighted by atomic mass is 35.5. The van der Waals surface area contributed by atoms with Gasteiger partial charge in [0, 0.05) is 40.0 Å². The zero-order valence-electron chi connectivity index (χ0n) is 14.8. The van der Waals surface area contributed by atoms with E-state index in [1.807, 2.05) is 31.2 Å². The van der Waals surface area contributed by atoms with Gasteiger partial charge in [0.15, 0.2) is 5.82 Å². The van der Waals surface area contributed by atoms with Crippen LogP contribution < -0.4 is 5.32 Å². The number of aromatic amines is 1. The van der Waals surface area contributed by atoms with Crippen molar-refractivity contribution < 1.29 is 4.79 Å². The van der Waals surface area contributed by atoms with Gasteiger partial charge >= 0.3 is 0 Å². The maximum absolute atomic E-state index is 12.8. The van der Waals surface area contributed by atoms with Crippen molar-refractivity contribution in [3.63, 3.8) is 0 Å². The highest BCUT2D eigenvalue weighted by Crippen LogP contribution is 2.39. The lowest BCUT2D eigenvalue weighted by atomic mass is 9.94. The molecule has 2 unspecified atom stereocenters. The fraction of sp³-hybridized carbons (Fsp3) is 0.450. The number of aromatic nitrogens is 2. The summed E-state index contributed by atoms with van der Waals surface area (Å²) in [6, 6.07) is 1.95. The first-order valence-corrected chi connectivity index (χ1v) is 9.72. The summed E-state index contributed by atoms with van der Waals surface area (Å²) in [5.74, 6) is 1.13. The Balaban J connectivity index is 1.47. The number of nitrogens with one attached hydrogen (secondary N) is 2. The van der Waals surface area contributed by atoms with Crippen molar-refractivity contribution in [1.82, 2.24) is 10.2 Å². The summed E-state index contributed by atoms with van der Waals surface area (Å²) in [5, 5.41) is 10.9. The number of rotatable bonds is 5. The monoisotopic (exact) mass is 370 g/mol. The molecule has 2 aliphatic carbocycles. The average molecular weight is 371 g/mol. The zero-order chi connectivity index (χ0) is 18.1. The molecule has 0 aromatic carbocycles. The van der Waals surface area contributed by atoms with Crippen LogP contribution in [0.5, 0.6) is 0 Å². The number of carbonyl (C=O) groups excluding carboxylic acids is 1. The van der Waals surface area contributed by atoms with E-state index in [-0.39, 0.29) is 17.7 Å². The summed E-state index contributed by atoms with van der Waals surface area (Å²) in [4.78, 5) is 17.5. The minimum atomic E-state index is -0.270. The number of allylic oxidation sites excluding steroid dienone is 5. The molecule has 1 aromatic rings. The van der Waals surface area contributed by atoms with Crippen LogP contribution in [0.3, 0.4) is 0 Å². The van der Waals surface area contributed by atoms with Crippen molar-refractivity contribution in [3.8, 4) is 0 Å². The molecule has 1 fully saturated rings. The number of amides is 1. The number of carbonyl (C=O) groups is 1. The van der Waals surface area contributed by atoms with Gasteiger partial charge in [-0.25, -0.2) is 0 Å². The van der Waals surface area contributed by atoms with Crippen molar-refractivity contribution in [2.24, 2.45) is 16.8 Å². The number of halogens is 1. The predicted octanol–water partition coefficient (Wildman–Crippen LogP) is 4.68. The molecule has 1 amide bonds. The molecule has 0 radical (unpaired) electrons. The van der Waals surface area contributed by atoms with Crippen molar-refractivity contribution >= 4 is 29.0 Å². The molecule has 2 heterocycles. The van der Waals surface area contributed by atoms with Gasteiger partial charge in [0.2, 0.25) is 5.91 Å². The summed E-state index contributed by atoms with van der Waals surface area (Å²) in [5.41, 5.74) is 2.96. The second-order valence-electron chi connectivity index (χ2n) is 7.17. The molecule has 0 spiro atoms. The number of aliphatic imine (C=N–C) groups is 1.